The Bertz CT molecular complexity index is 696. The van der Waals surface area contributed by atoms with Crippen LogP contribution < -0.4 is 9.46 Å². The summed E-state index contributed by atoms with van der Waals surface area (Å²) in [5.74, 6) is 0.214. The predicted molar refractivity (Wildman–Crippen MR) is 82.0 cm³/mol. The van der Waals surface area contributed by atoms with Gasteiger partial charge in [-0.1, -0.05) is 6.07 Å². The maximum absolute atomic E-state index is 12.5. The predicted octanol–water partition coefficient (Wildman–Crippen LogP) is 2.29. The minimum atomic E-state index is -3.71. The zero-order valence-corrected chi connectivity index (χ0v) is 13.4. The summed E-state index contributed by atoms with van der Waals surface area (Å²) in [4.78, 5) is 0.0595. The second kappa shape index (κ2) is 6.57. The molecule has 0 radical (unpaired) electrons. The molecule has 1 unspecified atom stereocenters. The summed E-state index contributed by atoms with van der Waals surface area (Å²) in [5.41, 5.74) is 1.51. The molecule has 0 aliphatic carbocycles. The first-order valence-corrected chi connectivity index (χ1v) is 8.72. The molecule has 0 saturated carbocycles. The molecule has 0 fully saturated rings. The molecule has 114 valence electrons. The second-order valence-electron chi connectivity index (χ2n) is 4.54. The van der Waals surface area contributed by atoms with E-state index in [1.807, 2.05) is 16.8 Å². The van der Waals surface area contributed by atoms with Crippen molar-refractivity contribution in [3.05, 3.63) is 46.2 Å². The molecule has 1 heterocycles. The van der Waals surface area contributed by atoms with Crippen LogP contribution in [0.25, 0.3) is 0 Å². The van der Waals surface area contributed by atoms with Gasteiger partial charge in [0.2, 0.25) is 10.0 Å². The van der Waals surface area contributed by atoms with E-state index in [0.717, 1.165) is 5.56 Å². The monoisotopic (exact) mass is 327 g/mol. The Morgan fingerprint density at radius 1 is 1.38 bits per heavy atom. The van der Waals surface area contributed by atoms with E-state index in [2.05, 4.69) is 4.72 Å². The highest BCUT2D eigenvalue weighted by Crippen LogP contribution is 2.27. The van der Waals surface area contributed by atoms with Gasteiger partial charge in [-0.05, 0) is 47.0 Å². The Balaban J connectivity index is 2.31. The molecular formula is C14H17NO4S2. The van der Waals surface area contributed by atoms with Crippen LogP contribution in [0.15, 0.2) is 39.9 Å². The lowest BCUT2D eigenvalue weighted by atomic mass is 10.2. The molecule has 5 nitrogen and oxygen atoms in total. The molecule has 0 amide bonds. The fraction of sp³-hybridized carbons (Fsp3) is 0.286. The summed E-state index contributed by atoms with van der Waals surface area (Å²) >= 11 is 1.52. The maximum Gasteiger partial charge on any atom is 0.244 e. The lowest BCUT2D eigenvalue weighted by molar-refractivity contribution is 0.280. The molecule has 2 aromatic rings. The molecule has 1 aromatic carbocycles. The average Bonchev–Trinajstić information content (AvgIpc) is 3.00. The van der Waals surface area contributed by atoms with E-state index in [1.165, 1.54) is 30.6 Å². The fourth-order valence-electron chi connectivity index (χ4n) is 1.92. The van der Waals surface area contributed by atoms with E-state index in [-0.39, 0.29) is 23.3 Å². The van der Waals surface area contributed by atoms with E-state index in [1.54, 1.807) is 13.0 Å². The Kier molecular flexibility index (Phi) is 5.00. The van der Waals surface area contributed by atoms with Crippen LogP contribution >= 0.6 is 11.3 Å². The van der Waals surface area contributed by atoms with Crippen molar-refractivity contribution in [1.82, 2.24) is 4.72 Å². The number of hydrogen-bond acceptors (Lipinski definition) is 5. The standard InChI is InChI=1S/C14H17NO4S2/c1-10(12-5-6-20-9-12)15-21(17,18)14-4-3-11(8-16)7-13(14)19-2/h3-7,9-10,15-16H,8H2,1-2H3. The molecule has 0 spiro atoms. The number of methoxy groups -OCH3 is 1. The van der Waals surface area contributed by atoms with Crippen molar-refractivity contribution in [1.29, 1.82) is 0 Å². The molecule has 0 bridgehead atoms. The highest BCUT2D eigenvalue weighted by Gasteiger charge is 2.22. The Labute approximate surface area is 128 Å². The van der Waals surface area contributed by atoms with Gasteiger partial charge in [0.1, 0.15) is 10.6 Å². The van der Waals surface area contributed by atoms with Gasteiger partial charge in [0.05, 0.1) is 13.7 Å². The minimum Gasteiger partial charge on any atom is -0.495 e. The number of ether oxygens (including phenoxy) is 1. The molecule has 21 heavy (non-hydrogen) atoms. The van der Waals surface area contributed by atoms with Crippen LogP contribution in [0.5, 0.6) is 5.75 Å². The highest BCUT2D eigenvalue weighted by molar-refractivity contribution is 7.89. The van der Waals surface area contributed by atoms with Gasteiger partial charge in [0.25, 0.3) is 0 Å². The van der Waals surface area contributed by atoms with Crippen LogP contribution in [0.2, 0.25) is 0 Å². The molecule has 0 aliphatic rings. The molecule has 2 N–H and O–H groups in total. The lowest BCUT2D eigenvalue weighted by Gasteiger charge is -2.15. The van der Waals surface area contributed by atoms with Crippen molar-refractivity contribution in [3.63, 3.8) is 0 Å². The SMILES string of the molecule is COc1cc(CO)ccc1S(=O)(=O)NC(C)c1ccsc1. The summed E-state index contributed by atoms with van der Waals surface area (Å²) in [6.45, 7) is 1.61. The average molecular weight is 327 g/mol. The number of aliphatic hydroxyl groups is 1. The molecule has 0 saturated heterocycles. The van der Waals surface area contributed by atoms with Crippen molar-refractivity contribution in [2.24, 2.45) is 0 Å². The summed E-state index contributed by atoms with van der Waals surface area (Å²) < 4.78 is 32.7. The number of hydrogen-bond donors (Lipinski definition) is 2. The number of thiophene rings is 1. The summed E-state index contributed by atoms with van der Waals surface area (Å²) in [6.07, 6.45) is 0. The smallest absolute Gasteiger partial charge is 0.244 e. The van der Waals surface area contributed by atoms with Gasteiger partial charge < -0.3 is 9.84 Å². The van der Waals surface area contributed by atoms with Crippen molar-refractivity contribution in [2.45, 2.75) is 24.5 Å². The number of aliphatic hydroxyl groups excluding tert-OH is 1. The van der Waals surface area contributed by atoms with Crippen LogP contribution in [-0.4, -0.2) is 20.6 Å². The van der Waals surface area contributed by atoms with Gasteiger partial charge in [0, 0.05) is 6.04 Å². The van der Waals surface area contributed by atoms with Crippen LogP contribution in [0.1, 0.15) is 24.1 Å². The lowest BCUT2D eigenvalue weighted by Crippen LogP contribution is -2.27. The summed E-state index contributed by atoms with van der Waals surface area (Å²) in [6, 6.07) is 6.07. The molecule has 0 aliphatic heterocycles. The maximum atomic E-state index is 12.5. The van der Waals surface area contributed by atoms with E-state index in [4.69, 9.17) is 9.84 Å². The van der Waals surface area contributed by atoms with Crippen LogP contribution in [0, 0.1) is 0 Å². The Morgan fingerprint density at radius 3 is 2.71 bits per heavy atom. The number of nitrogens with one attached hydrogen (secondary N) is 1. The Morgan fingerprint density at radius 2 is 2.14 bits per heavy atom. The number of benzene rings is 1. The van der Waals surface area contributed by atoms with Crippen molar-refractivity contribution in [3.8, 4) is 5.75 Å². The van der Waals surface area contributed by atoms with E-state index >= 15 is 0 Å². The van der Waals surface area contributed by atoms with Crippen molar-refractivity contribution in [2.75, 3.05) is 7.11 Å². The summed E-state index contributed by atoms with van der Waals surface area (Å²) in [7, 11) is -2.30. The molecule has 1 atom stereocenters. The van der Waals surface area contributed by atoms with E-state index in [9.17, 15) is 8.42 Å². The zero-order valence-electron chi connectivity index (χ0n) is 11.7. The minimum absolute atomic E-state index is 0.0595. The third-order valence-electron chi connectivity index (χ3n) is 3.08. The second-order valence-corrected chi connectivity index (χ2v) is 7.01. The van der Waals surface area contributed by atoms with E-state index < -0.39 is 10.0 Å². The van der Waals surface area contributed by atoms with E-state index in [0.29, 0.717) is 5.56 Å². The topological polar surface area (TPSA) is 75.6 Å². The van der Waals surface area contributed by atoms with Gasteiger partial charge in [-0.2, -0.15) is 11.3 Å². The summed E-state index contributed by atoms with van der Waals surface area (Å²) in [5, 5.41) is 12.9. The first-order valence-electron chi connectivity index (χ1n) is 6.30. The Hall–Kier alpha value is -1.41. The van der Waals surface area contributed by atoms with Gasteiger partial charge in [-0.25, -0.2) is 13.1 Å². The van der Waals surface area contributed by atoms with Gasteiger partial charge in [0.15, 0.2) is 0 Å². The molecule has 7 heteroatoms. The van der Waals surface area contributed by atoms with Gasteiger partial charge in [-0.3, -0.25) is 0 Å². The van der Waals surface area contributed by atoms with Crippen molar-refractivity contribution >= 4 is 21.4 Å². The third kappa shape index (κ3) is 3.62. The first-order chi connectivity index (χ1) is 9.97. The fourth-order valence-corrected chi connectivity index (χ4v) is 4.05. The van der Waals surface area contributed by atoms with Gasteiger partial charge in [-0.15, -0.1) is 0 Å². The molecule has 1 aromatic heterocycles. The number of rotatable bonds is 6. The van der Waals surface area contributed by atoms with Crippen LogP contribution in [0.4, 0.5) is 0 Å². The van der Waals surface area contributed by atoms with Crippen molar-refractivity contribution < 1.29 is 18.3 Å². The van der Waals surface area contributed by atoms with Gasteiger partial charge >= 0.3 is 0 Å². The van der Waals surface area contributed by atoms with Crippen LogP contribution in [-0.2, 0) is 16.6 Å². The molecular weight excluding hydrogens is 310 g/mol. The normalized spacial score (nSPS) is 13.1. The highest BCUT2D eigenvalue weighted by atomic mass is 32.2. The quantitative estimate of drug-likeness (QED) is 0.853. The molecule has 2 rings (SSSR count). The zero-order chi connectivity index (χ0) is 15.5. The van der Waals surface area contributed by atoms with Crippen LogP contribution in [0.3, 0.4) is 0 Å². The largest absolute Gasteiger partial charge is 0.495 e. The first kappa shape index (κ1) is 16.0. The third-order valence-corrected chi connectivity index (χ3v) is 5.36. The number of sulfonamides is 1.